The Morgan fingerprint density at radius 3 is 2.44 bits per heavy atom. The van der Waals surface area contributed by atoms with Crippen LogP contribution in [0.4, 0.5) is 4.79 Å². The number of hydrogen-bond acceptors (Lipinski definition) is 5. The highest BCUT2D eigenvalue weighted by molar-refractivity contribution is 5.87. The van der Waals surface area contributed by atoms with Crippen molar-refractivity contribution in [1.29, 1.82) is 5.26 Å². The third-order valence-corrected chi connectivity index (χ3v) is 2.05. The lowest BCUT2D eigenvalue weighted by Crippen LogP contribution is -2.11. The Morgan fingerprint density at radius 1 is 1.39 bits per heavy atom. The molecule has 18 heavy (non-hydrogen) atoms. The maximum absolute atomic E-state index is 11.1. The highest BCUT2D eigenvalue weighted by Crippen LogP contribution is 2.18. The maximum Gasteiger partial charge on any atom is 0.509 e. The van der Waals surface area contributed by atoms with Gasteiger partial charge in [-0.15, -0.1) is 0 Å². The van der Waals surface area contributed by atoms with Gasteiger partial charge in [-0.2, -0.15) is 5.26 Å². The van der Waals surface area contributed by atoms with Crippen LogP contribution in [-0.2, 0) is 9.47 Å². The minimum absolute atomic E-state index is 0.0894. The fraction of sp³-hybridized carbons (Fsp3) is 0.250. The number of carbonyl (C=O) groups is 2. The minimum Gasteiger partial charge on any atom is -0.478 e. The number of aromatic carboxylic acids is 1. The van der Waals surface area contributed by atoms with Crippen LogP contribution in [0.15, 0.2) is 24.3 Å². The Morgan fingerprint density at radius 2 is 2.00 bits per heavy atom. The second kappa shape index (κ2) is 6.25. The van der Waals surface area contributed by atoms with Crippen LogP contribution in [0.5, 0.6) is 0 Å². The zero-order valence-electron chi connectivity index (χ0n) is 9.62. The normalized spacial score (nSPS) is 11.1. The standard InChI is InChI=1S/C12H11NO5/c1-2-17-12(16)18-10(7-13)8-3-5-9(6-4-8)11(14)15/h3-6,10H,2H2,1H3,(H,14,15). The molecule has 0 saturated carbocycles. The highest BCUT2D eigenvalue weighted by atomic mass is 16.7. The fourth-order valence-electron chi connectivity index (χ4n) is 1.22. The quantitative estimate of drug-likeness (QED) is 0.821. The van der Waals surface area contributed by atoms with E-state index in [1.807, 2.05) is 0 Å². The zero-order chi connectivity index (χ0) is 13.5. The first-order valence-electron chi connectivity index (χ1n) is 5.14. The Hall–Kier alpha value is -2.55. The van der Waals surface area contributed by atoms with Crippen LogP contribution in [0.2, 0.25) is 0 Å². The van der Waals surface area contributed by atoms with Crippen molar-refractivity contribution in [1.82, 2.24) is 0 Å². The summed E-state index contributed by atoms with van der Waals surface area (Å²) in [5.74, 6) is -1.07. The first-order valence-corrected chi connectivity index (χ1v) is 5.14. The molecule has 1 rings (SSSR count). The van der Waals surface area contributed by atoms with Crippen LogP contribution in [0.3, 0.4) is 0 Å². The highest BCUT2D eigenvalue weighted by Gasteiger charge is 2.17. The molecule has 0 radical (unpaired) electrons. The summed E-state index contributed by atoms with van der Waals surface area (Å²) in [6, 6.07) is 7.27. The molecule has 0 saturated heterocycles. The number of nitrogens with zero attached hydrogens (tertiary/aromatic N) is 1. The molecule has 0 aliphatic carbocycles. The van der Waals surface area contributed by atoms with E-state index in [2.05, 4.69) is 4.74 Å². The third kappa shape index (κ3) is 3.49. The Bertz CT molecular complexity index is 474. The van der Waals surface area contributed by atoms with Crippen LogP contribution < -0.4 is 0 Å². The van der Waals surface area contributed by atoms with Gasteiger partial charge in [0.05, 0.1) is 12.2 Å². The molecule has 0 amide bonds. The van der Waals surface area contributed by atoms with Crippen molar-refractivity contribution in [3.63, 3.8) is 0 Å². The number of carbonyl (C=O) groups excluding carboxylic acids is 1. The second-order valence-corrected chi connectivity index (χ2v) is 3.24. The van der Waals surface area contributed by atoms with E-state index in [0.717, 1.165) is 0 Å². The van der Waals surface area contributed by atoms with Gasteiger partial charge in [0, 0.05) is 5.56 Å². The second-order valence-electron chi connectivity index (χ2n) is 3.24. The number of benzene rings is 1. The lowest BCUT2D eigenvalue weighted by atomic mass is 10.1. The molecule has 0 fully saturated rings. The van der Waals surface area contributed by atoms with Crippen molar-refractivity contribution in [2.45, 2.75) is 13.0 Å². The lowest BCUT2D eigenvalue weighted by Gasteiger charge is -2.10. The Labute approximate surface area is 103 Å². The van der Waals surface area contributed by atoms with Crippen molar-refractivity contribution in [2.24, 2.45) is 0 Å². The van der Waals surface area contributed by atoms with Gasteiger partial charge in [0.15, 0.2) is 0 Å². The lowest BCUT2D eigenvalue weighted by molar-refractivity contribution is 0.0420. The Balaban J connectivity index is 2.80. The van der Waals surface area contributed by atoms with Gasteiger partial charge in [-0.1, -0.05) is 12.1 Å². The summed E-state index contributed by atoms with van der Waals surface area (Å²) in [5.41, 5.74) is 0.474. The fourth-order valence-corrected chi connectivity index (χ4v) is 1.22. The van der Waals surface area contributed by atoms with Crippen LogP contribution in [0.25, 0.3) is 0 Å². The summed E-state index contributed by atoms with van der Waals surface area (Å²) in [5, 5.41) is 17.6. The molecule has 1 N–H and O–H groups in total. The number of ether oxygens (including phenoxy) is 2. The number of carboxylic acids is 1. The summed E-state index contributed by atoms with van der Waals surface area (Å²) in [6.45, 7) is 1.76. The molecular weight excluding hydrogens is 238 g/mol. The van der Waals surface area contributed by atoms with Crippen molar-refractivity contribution in [3.8, 4) is 6.07 Å². The molecule has 1 aromatic carbocycles. The average molecular weight is 249 g/mol. The van der Waals surface area contributed by atoms with E-state index in [4.69, 9.17) is 15.1 Å². The average Bonchev–Trinajstić information content (AvgIpc) is 2.36. The summed E-state index contributed by atoms with van der Waals surface area (Å²) in [6.07, 6.45) is -2.06. The first-order chi connectivity index (χ1) is 8.58. The van der Waals surface area contributed by atoms with E-state index in [-0.39, 0.29) is 12.2 Å². The van der Waals surface area contributed by atoms with Crippen LogP contribution in [0, 0.1) is 11.3 Å². The molecule has 6 nitrogen and oxygen atoms in total. The van der Waals surface area contributed by atoms with Crippen molar-refractivity contribution in [3.05, 3.63) is 35.4 Å². The van der Waals surface area contributed by atoms with Gasteiger partial charge in [0.1, 0.15) is 6.07 Å². The van der Waals surface area contributed by atoms with E-state index >= 15 is 0 Å². The van der Waals surface area contributed by atoms with E-state index in [9.17, 15) is 9.59 Å². The van der Waals surface area contributed by atoms with E-state index in [0.29, 0.717) is 5.56 Å². The number of nitriles is 1. The number of rotatable bonds is 4. The van der Waals surface area contributed by atoms with Crippen molar-refractivity contribution < 1.29 is 24.2 Å². The molecule has 0 bridgehead atoms. The van der Waals surface area contributed by atoms with E-state index < -0.39 is 18.2 Å². The number of hydrogen-bond donors (Lipinski definition) is 1. The predicted octanol–water partition coefficient (Wildman–Crippen LogP) is 2.12. The van der Waals surface area contributed by atoms with E-state index in [1.54, 1.807) is 13.0 Å². The predicted molar refractivity (Wildman–Crippen MR) is 59.9 cm³/mol. The zero-order valence-corrected chi connectivity index (χ0v) is 9.62. The van der Waals surface area contributed by atoms with Gasteiger partial charge in [0.25, 0.3) is 0 Å². The smallest absolute Gasteiger partial charge is 0.478 e. The van der Waals surface area contributed by atoms with Gasteiger partial charge in [0.2, 0.25) is 6.10 Å². The van der Waals surface area contributed by atoms with Crippen molar-refractivity contribution in [2.75, 3.05) is 6.61 Å². The summed E-state index contributed by atoms with van der Waals surface area (Å²) in [7, 11) is 0. The van der Waals surface area contributed by atoms with Gasteiger partial charge >= 0.3 is 12.1 Å². The third-order valence-electron chi connectivity index (χ3n) is 2.05. The van der Waals surface area contributed by atoms with Gasteiger partial charge in [-0.05, 0) is 19.1 Å². The summed E-state index contributed by atoms with van der Waals surface area (Å²) in [4.78, 5) is 21.7. The topological polar surface area (TPSA) is 96.6 Å². The Kier molecular flexibility index (Phi) is 4.69. The summed E-state index contributed by atoms with van der Waals surface area (Å²) < 4.78 is 9.31. The largest absolute Gasteiger partial charge is 0.509 e. The van der Waals surface area contributed by atoms with Gasteiger partial charge < -0.3 is 14.6 Å². The van der Waals surface area contributed by atoms with E-state index in [1.165, 1.54) is 24.3 Å². The molecule has 94 valence electrons. The first kappa shape index (κ1) is 13.5. The molecular formula is C12H11NO5. The van der Waals surface area contributed by atoms with Crippen molar-refractivity contribution >= 4 is 12.1 Å². The molecule has 0 aliphatic heterocycles. The molecule has 0 heterocycles. The SMILES string of the molecule is CCOC(=O)OC(C#N)c1ccc(C(=O)O)cc1. The molecule has 1 unspecified atom stereocenters. The van der Waals surface area contributed by atoms with Crippen LogP contribution in [0.1, 0.15) is 28.9 Å². The number of carboxylic acid groups (broad SMARTS) is 1. The molecule has 6 heteroatoms. The van der Waals surface area contributed by atoms with Crippen LogP contribution >= 0.6 is 0 Å². The van der Waals surface area contributed by atoms with Crippen LogP contribution in [-0.4, -0.2) is 23.8 Å². The summed E-state index contributed by atoms with van der Waals surface area (Å²) >= 11 is 0. The molecule has 0 aliphatic rings. The maximum atomic E-state index is 11.1. The minimum atomic E-state index is -1.12. The molecule has 0 aromatic heterocycles. The van der Waals surface area contributed by atoms with Gasteiger partial charge in [-0.3, -0.25) is 0 Å². The molecule has 1 aromatic rings. The molecule has 0 spiro atoms. The van der Waals surface area contributed by atoms with Gasteiger partial charge in [-0.25, -0.2) is 9.59 Å². The molecule has 1 atom stereocenters. The monoisotopic (exact) mass is 249 g/mol.